The van der Waals surface area contributed by atoms with Crippen LogP contribution in [0.3, 0.4) is 0 Å². The molecule has 2 unspecified atom stereocenters. The van der Waals surface area contributed by atoms with Crippen molar-refractivity contribution < 1.29 is 27.5 Å². The van der Waals surface area contributed by atoms with Gasteiger partial charge in [0.05, 0.1) is 30.6 Å². The molecule has 1 aromatic carbocycles. The predicted octanol–water partition coefficient (Wildman–Crippen LogP) is 0.133. The zero-order valence-electron chi connectivity index (χ0n) is 16.6. The molecular weight excluding hydrogens is 410 g/mol. The van der Waals surface area contributed by atoms with Crippen LogP contribution in [0, 0.1) is 5.92 Å². The molecule has 3 aliphatic heterocycles. The minimum atomic E-state index is -3.10. The van der Waals surface area contributed by atoms with E-state index in [2.05, 4.69) is 5.32 Å². The summed E-state index contributed by atoms with van der Waals surface area (Å²) in [5.41, 5.74) is 0.975. The van der Waals surface area contributed by atoms with Gasteiger partial charge in [-0.3, -0.25) is 14.4 Å². The van der Waals surface area contributed by atoms with Crippen molar-refractivity contribution >= 4 is 33.2 Å². The summed E-state index contributed by atoms with van der Waals surface area (Å²) in [6.07, 6.45) is 0.489. The number of nitrogens with zero attached hydrogens (tertiary/aromatic N) is 2. The highest BCUT2D eigenvalue weighted by atomic mass is 32.2. The molecule has 3 fully saturated rings. The van der Waals surface area contributed by atoms with Crippen LogP contribution in [0.5, 0.6) is 0 Å². The van der Waals surface area contributed by atoms with Crippen molar-refractivity contribution in [2.45, 2.75) is 18.9 Å². The Morgan fingerprint density at radius 3 is 2.63 bits per heavy atom. The molecule has 0 aromatic heterocycles. The van der Waals surface area contributed by atoms with Gasteiger partial charge in [0.25, 0.3) is 5.91 Å². The number of anilines is 1. The first-order valence-electron chi connectivity index (χ1n) is 10.1. The van der Waals surface area contributed by atoms with Gasteiger partial charge >= 0.3 is 0 Å². The molecule has 0 aliphatic carbocycles. The maximum Gasteiger partial charge on any atom is 0.254 e. The van der Waals surface area contributed by atoms with E-state index in [1.807, 2.05) is 0 Å². The fourth-order valence-corrected chi connectivity index (χ4v) is 5.94. The van der Waals surface area contributed by atoms with Gasteiger partial charge in [-0.05, 0) is 24.6 Å². The van der Waals surface area contributed by atoms with Gasteiger partial charge < -0.3 is 19.9 Å². The number of benzene rings is 1. The van der Waals surface area contributed by atoms with Gasteiger partial charge in [0.2, 0.25) is 11.8 Å². The largest absolute Gasteiger partial charge is 0.378 e. The summed E-state index contributed by atoms with van der Waals surface area (Å²) in [6, 6.07) is 6.41. The molecule has 0 bridgehead atoms. The number of amides is 3. The summed E-state index contributed by atoms with van der Waals surface area (Å²) in [7, 11) is -3.10. The van der Waals surface area contributed by atoms with Crippen LogP contribution in [0.25, 0.3) is 0 Å². The molecule has 0 spiro atoms. The number of likely N-dealkylation sites (tertiary alicyclic amines) is 1. The number of hydrogen-bond acceptors (Lipinski definition) is 6. The van der Waals surface area contributed by atoms with E-state index in [-0.39, 0.29) is 48.2 Å². The summed E-state index contributed by atoms with van der Waals surface area (Å²) in [5.74, 6) is -1.09. The van der Waals surface area contributed by atoms with Crippen LogP contribution >= 0.6 is 0 Å². The molecule has 1 N–H and O–H groups in total. The molecule has 162 valence electrons. The lowest BCUT2D eigenvalue weighted by Gasteiger charge is -2.27. The van der Waals surface area contributed by atoms with Gasteiger partial charge in [0.15, 0.2) is 9.84 Å². The topological polar surface area (TPSA) is 113 Å². The van der Waals surface area contributed by atoms with Crippen LogP contribution in [-0.4, -0.2) is 86.3 Å². The van der Waals surface area contributed by atoms with Crippen molar-refractivity contribution in [1.82, 2.24) is 9.80 Å². The number of morpholine rings is 1. The highest BCUT2D eigenvalue weighted by molar-refractivity contribution is 7.91. The van der Waals surface area contributed by atoms with E-state index in [4.69, 9.17) is 4.74 Å². The first kappa shape index (κ1) is 20.8. The minimum absolute atomic E-state index is 0.0290. The fourth-order valence-electron chi connectivity index (χ4n) is 4.20. The summed E-state index contributed by atoms with van der Waals surface area (Å²) >= 11 is 0. The number of carbonyl (C=O) groups is 3. The van der Waals surface area contributed by atoms with Gasteiger partial charge in [-0.25, -0.2) is 8.42 Å². The van der Waals surface area contributed by atoms with Crippen molar-refractivity contribution in [2.24, 2.45) is 5.92 Å². The first-order chi connectivity index (χ1) is 14.3. The summed E-state index contributed by atoms with van der Waals surface area (Å²) in [5, 5.41) is 2.80. The van der Waals surface area contributed by atoms with E-state index >= 15 is 0 Å². The normalized spacial score (nSPS) is 26.1. The molecule has 0 saturated carbocycles. The standard InChI is InChI=1S/C20H25N3O6S/c24-18-11-15(12-23(18)17-4-9-30(27,28)13-17)19(25)21-16-3-1-2-14(10-16)20(26)22-5-7-29-8-6-22/h1-3,10,15,17H,4-9,11-13H2,(H,21,25). The third-order valence-electron chi connectivity index (χ3n) is 5.85. The molecule has 0 radical (unpaired) electrons. The van der Waals surface area contributed by atoms with Crippen LogP contribution in [0.4, 0.5) is 5.69 Å². The second kappa shape index (κ2) is 8.35. The lowest BCUT2D eigenvalue weighted by molar-refractivity contribution is -0.129. The van der Waals surface area contributed by atoms with Gasteiger partial charge in [-0.15, -0.1) is 0 Å². The van der Waals surface area contributed by atoms with Crippen LogP contribution in [0.2, 0.25) is 0 Å². The maximum absolute atomic E-state index is 12.7. The quantitative estimate of drug-likeness (QED) is 0.720. The Labute approximate surface area is 175 Å². The minimum Gasteiger partial charge on any atom is -0.378 e. The van der Waals surface area contributed by atoms with Crippen molar-refractivity contribution in [3.63, 3.8) is 0 Å². The SMILES string of the molecule is O=C(Nc1cccc(C(=O)N2CCOCC2)c1)C1CC(=O)N(C2CCS(=O)(=O)C2)C1. The van der Waals surface area contributed by atoms with Crippen LogP contribution in [0.15, 0.2) is 24.3 Å². The highest BCUT2D eigenvalue weighted by Crippen LogP contribution is 2.27. The summed E-state index contributed by atoms with van der Waals surface area (Å²) < 4.78 is 28.7. The van der Waals surface area contributed by atoms with Gasteiger partial charge in [-0.2, -0.15) is 0 Å². The van der Waals surface area contributed by atoms with E-state index in [0.29, 0.717) is 44.0 Å². The molecule has 3 heterocycles. The Bertz CT molecular complexity index is 957. The van der Waals surface area contributed by atoms with Crippen LogP contribution in [-0.2, 0) is 24.2 Å². The number of ether oxygens (including phenoxy) is 1. The molecule has 2 atom stereocenters. The first-order valence-corrected chi connectivity index (χ1v) is 11.9. The average molecular weight is 436 g/mol. The third-order valence-corrected chi connectivity index (χ3v) is 7.60. The second-order valence-electron chi connectivity index (χ2n) is 7.98. The molecule has 4 rings (SSSR count). The Hall–Kier alpha value is -2.46. The highest BCUT2D eigenvalue weighted by Gasteiger charge is 2.41. The average Bonchev–Trinajstić information content (AvgIpc) is 3.30. The van der Waals surface area contributed by atoms with E-state index in [1.165, 1.54) is 4.90 Å². The smallest absolute Gasteiger partial charge is 0.254 e. The molecule has 10 heteroatoms. The Balaban J connectivity index is 1.38. The van der Waals surface area contributed by atoms with E-state index in [1.54, 1.807) is 29.2 Å². The Morgan fingerprint density at radius 2 is 1.93 bits per heavy atom. The van der Waals surface area contributed by atoms with Crippen molar-refractivity contribution in [3.8, 4) is 0 Å². The van der Waals surface area contributed by atoms with E-state index < -0.39 is 15.8 Å². The third kappa shape index (κ3) is 4.49. The number of sulfone groups is 1. The van der Waals surface area contributed by atoms with Crippen molar-refractivity contribution in [2.75, 3.05) is 49.7 Å². The zero-order valence-corrected chi connectivity index (χ0v) is 17.4. The zero-order chi connectivity index (χ0) is 21.3. The molecule has 30 heavy (non-hydrogen) atoms. The summed E-state index contributed by atoms with van der Waals surface area (Å²) in [4.78, 5) is 40.9. The van der Waals surface area contributed by atoms with Crippen LogP contribution < -0.4 is 5.32 Å². The molecule has 3 saturated heterocycles. The number of carbonyl (C=O) groups excluding carboxylic acids is 3. The van der Waals surface area contributed by atoms with Gasteiger partial charge in [0.1, 0.15) is 0 Å². The van der Waals surface area contributed by atoms with Crippen molar-refractivity contribution in [1.29, 1.82) is 0 Å². The van der Waals surface area contributed by atoms with E-state index in [9.17, 15) is 22.8 Å². The van der Waals surface area contributed by atoms with Crippen molar-refractivity contribution in [3.05, 3.63) is 29.8 Å². The molecule has 3 amide bonds. The van der Waals surface area contributed by atoms with Gasteiger partial charge in [0, 0.05) is 43.3 Å². The summed E-state index contributed by atoms with van der Waals surface area (Å²) in [6.45, 7) is 2.31. The van der Waals surface area contributed by atoms with Gasteiger partial charge in [-0.1, -0.05) is 6.07 Å². The number of hydrogen-bond donors (Lipinski definition) is 1. The molecule has 3 aliphatic rings. The number of rotatable bonds is 4. The molecular formula is C20H25N3O6S. The van der Waals surface area contributed by atoms with E-state index in [0.717, 1.165) is 0 Å². The Kier molecular flexibility index (Phi) is 5.79. The Morgan fingerprint density at radius 1 is 1.17 bits per heavy atom. The lowest BCUT2D eigenvalue weighted by atomic mass is 10.1. The monoisotopic (exact) mass is 435 g/mol. The lowest BCUT2D eigenvalue weighted by Crippen LogP contribution is -2.40. The number of nitrogens with one attached hydrogen (secondary N) is 1. The molecule has 9 nitrogen and oxygen atoms in total. The predicted molar refractivity (Wildman–Crippen MR) is 109 cm³/mol. The van der Waals surface area contributed by atoms with Crippen LogP contribution in [0.1, 0.15) is 23.2 Å². The fraction of sp³-hybridized carbons (Fsp3) is 0.550. The maximum atomic E-state index is 12.7. The second-order valence-corrected chi connectivity index (χ2v) is 10.2. The molecule has 1 aromatic rings.